The van der Waals surface area contributed by atoms with E-state index in [0.29, 0.717) is 29.0 Å². The van der Waals surface area contributed by atoms with Gasteiger partial charge in [0.1, 0.15) is 6.61 Å². The molecule has 1 aromatic carbocycles. The third kappa shape index (κ3) is 4.35. The fourth-order valence-corrected chi connectivity index (χ4v) is 4.91. The lowest BCUT2D eigenvalue weighted by Gasteiger charge is -2.20. The standard InChI is InChI=1S/C20H23N3O3S/c1-12-2-6-16(7-3-12)21-19(25)20-23-22-17(27-20)11-26-18(24)10-15-9-13-4-5-14(15)8-13/h2-3,6-7,13-15H,4-5,8-11H2,1H3,(H,21,25)/t13-,14-,15+/m0/s1. The lowest BCUT2D eigenvalue weighted by atomic mass is 9.86. The maximum atomic E-state index is 12.2. The van der Waals surface area contributed by atoms with E-state index in [2.05, 4.69) is 15.5 Å². The molecule has 1 heterocycles. The van der Waals surface area contributed by atoms with Crippen LogP contribution in [-0.2, 0) is 16.1 Å². The number of esters is 1. The van der Waals surface area contributed by atoms with Gasteiger partial charge < -0.3 is 10.1 Å². The fourth-order valence-electron chi connectivity index (χ4n) is 4.27. The number of fused-ring (bicyclic) bond motifs is 2. The maximum Gasteiger partial charge on any atom is 0.306 e. The summed E-state index contributed by atoms with van der Waals surface area (Å²) in [5.41, 5.74) is 1.83. The predicted molar refractivity (Wildman–Crippen MR) is 102 cm³/mol. The van der Waals surface area contributed by atoms with Crippen molar-refractivity contribution in [2.24, 2.45) is 17.8 Å². The average Bonchev–Trinajstić information content (AvgIpc) is 3.38. The number of hydrogen-bond donors (Lipinski definition) is 1. The smallest absolute Gasteiger partial charge is 0.306 e. The van der Waals surface area contributed by atoms with Crippen LogP contribution in [0.4, 0.5) is 5.69 Å². The second-order valence-corrected chi connectivity index (χ2v) is 8.68. The van der Waals surface area contributed by atoms with Gasteiger partial charge in [-0.05, 0) is 56.1 Å². The molecule has 1 amide bonds. The van der Waals surface area contributed by atoms with Crippen LogP contribution in [0, 0.1) is 24.7 Å². The normalized spacial score (nSPS) is 23.4. The van der Waals surface area contributed by atoms with Gasteiger partial charge in [0.15, 0.2) is 5.01 Å². The molecule has 2 aliphatic rings. The average molecular weight is 385 g/mol. The first-order valence-corrected chi connectivity index (χ1v) is 10.2. The molecule has 2 fully saturated rings. The molecule has 0 saturated heterocycles. The fraction of sp³-hybridized carbons (Fsp3) is 0.500. The number of amides is 1. The quantitative estimate of drug-likeness (QED) is 0.761. The minimum Gasteiger partial charge on any atom is -0.458 e. The summed E-state index contributed by atoms with van der Waals surface area (Å²) < 4.78 is 5.36. The maximum absolute atomic E-state index is 12.2. The number of rotatable bonds is 6. The van der Waals surface area contributed by atoms with Crippen molar-refractivity contribution < 1.29 is 14.3 Å². The molecular formula is C20H23N3O3S. The van der Waals surface area contributed by atoms with E-state index in [4.69, 9.17) is 4.74 Å². The topological polar surface area (TPSA) is 81.2 Å². The van der Waals surface area contributed by atoms with Gasteiger partial charge in [-0.2, -0.15) is 0 Å². The van der Waals surface area contributed by atoms with Gasteiger partial charge in [0.25, 0.3) is 5.91 Å². The molecule has 7 heteroatoms. The molecule has 142 valence electrons. The second kappa shape index (κ2) is 7.76. The molecule has 1 N–H and O–H groups in total. The first-order valence-electron chi connectivity index (χ1n) is 9.43. The van der Waals surface area contributed by atoms with Crippen LogP contribution < -0.4 is 5.32 Å². The Hall–Kier alpha value is -2.28. The largest absolute Gasteiger partial charge is 0.458 e. The number of ether oxygens (including phenoxy) is 1. The number of nitrogens with zero attached hydrogens (tertiary/aromatic N) is 2. The first kappa shape index (κ1) is 18.1. The van der Waals surface area contributed by atoms with E-state index in [9.17, 15) is 9.59 Å². The van der Waals surface area contributed by atoms with E-state index in [1.807, 2.05) is 31.2 Å². The Morgan fingerprint density at radius 1 is 1.19 bits per heavy atom. The summed E-state index contributed by atoms with van der Waals surface area (Å²) in [5, 5.41) is 11.5. The van der Waals surface area contributed by atoms with Crippen LogP contribution in [0.15, 0.2) is 24.3 Å². The van der Waals surface area contributed by atoms with E-state index in [1.165, 1.54) is 25.7 Å². The van der Waals surface area contributed by atoms with Crippen molar-refractivity contribution in [2.75, 3.05) is 5.32 Å². The molecule has 2 aliphatic carbocycles. The van der Waals surface area contributed by atoms with Crippen LogP contribution in [-0.4, -0.2) is 22.1 Å². The molecule has 3 atom stereocenters. The number of aryl methyl sites for hydroxylation is 1. The number of benzene rings is 1. The van der Waals surface area contributed by atoms with Gasteiger partial charge in [0, 0.05) is 12.1 Å². The first-order chi connectivity index (χ1) is 13.1. The van der Waals surface area contributed by atoms with Crippen molar-refractivity contribution >= 4 is 28.9 Å². The predicted octanol–water partition coefficient (Wildman–Crippen LogP) is 3.97. The van der Waals surface area contributed by atoms with Crippen molar-refractivity contribution in [3.8, 4) is 0 Å². The lowest BCUT2D eigenvalue weighted by molar-refractivity contribution is -0.146. The Kier molecular flexibility index (Phi) is 5.20. The molecule has 0 radical (unpaired) electrons. The van der Waals surface area contributed by atoms with Gasteiger partial charge in [0.2, 0.25) is 5.01 Å². The number of anilines is 1. The summed E-state index contributed by atoms with van der Waals surface area (Å²) in [6.45, 7) is 2.07. The monoisotopic (exact) mass is 385 g/mol. The number of carbonyl (C=O) groups excluding carboxylic acids is 2. The van der Waals surface area contributed by atoms with E-state index < -0.39 is 0 Å². The molecule has 0 unspecified atom stereocenters. The highest BCUT2D eigenvalue weighted by Gasteiger charge is 2.40. The van der Waals surface area contributed by atoms with Crippen molar-refractivity contribution in [3.63, 3.8) is 0 Å². The van der Waals surface area contributed by atoms with E-state index in [0.717, 1.165) is 22.8 Å². The molecule has 27 heavy (non-hydrogen) atoms. The molecule has 1 aromatic heterocycles. The molecule has 4 rings (SSSR count). The Labute approximate surface area is 162 Å². The van der Waals surface area contributed by atoms with Gasteiger partial charge >= 0.3 is 5.97 Å². The van der Waals surface area contributed by atoms with Crippen LogP contribution in [0.1, 0.15) is 52.5 Å². The van der Waals surface area contributed by atoms with Gasteiger partial charge in [-0.1, -0.05) is 35.5 Å². The third-order valence-electron chi connectivity index (χ3n) is 5.64. The highest BCUT2D eigenvalue weighted by atomic mass is 32.1. The SMILES string of the molecule is Cc1ccc(NC(=O)c2nnc(COC(=O)C[C@H]3C[C@H]4CC[C@H]3C4)s2)cc1. The van der Waals surface area contributed by atoms with E-state index in [1.54, 1.807) is 0 Å². The zero-order valence-electron chi connectivity index (χ0n) is 15.3. The minimum atomic E-state index is -0.309. The summed E-state index contributed by atoms with van der Waals surface area (Å²) in [5.74, 6) is 1.54. The summed E-state index contributed by atoms with van der Waals surface area (Å²) in [6.07, 6.45) is 5.54. The second-order valence-electron chi connectivity index (χ2n) is 7.62. The summed E-state index contributed by atoms with van der Waals surface area (Å²) in [6, 6.07) is 7.53. The van der Waals surface area contributed by atoms with Crippen LogP contribution in [0.5, 0.6) is 0 Å². The molecule has 2 aromatic rings. The molecule has 2 saturated carbocycles. The Morgan fingerprint density at radius 3 is 2.70 bits per heavy atom. The molecule has 2 bridgehead atoms. The highest BCUT2D eigenvalue weighted by Crippen LogP contribution is 2.49. The molecule has 6 nitrogen and oxygen atoms in total. The van der Waals surface area contributed by atoms with E-state index in [-0.39, 0.29) is 23.5 Å². The Morgan fingerprint density at radius 2 is 2.00 bits per heavy atom. The lowest BCUT2D eigenvalue weighted by Crippen LogP contribution is -2.16. The van der Waals surface area contributed by atoms with Crippen LogP contribution in [0.3, 0.4) is 0 Å². The van der Waals surface area contributed by atoms with Crippen molar-refractivity contribution in [1.82, 2.24) is 10.2 Å². The van der Waals surface area contributed by atoms with Crippen LogP contribution >= 0.6 is 11.3 Å². The molecule has 0 spiro atoms. The van der Waals surface area contributed by atoms with Crippen LogP contribution in [0.25, 0.3) is 0 Å². The third-order valence-corrected chi connectivity index (χ3v) is 6.54. The molecular weight excluding hydrogens is 362 g/mol. The van der Waals surface area contributed by atoms with Gasteiger partial charge in [-0.25, -0.2) is 0 Å². The van der Waals surface area contributed by atoms with Crippen LogP contribution in [0.2, 0.25) is 0 Å². The van der Waals surface area contributed by atoms with Gasteiger partial charge in [0.05, 0.1) is 0 Å². The summed E-state index contributed by atoms with van der Waals surface area (Å²) in [4.78, 5) is 24.4. The van der Waals surface area contributed by atoms with E-state index >= 15 is 0 Å². The number of hydrogen-bond acceptors (Lipinski definition) is 6. The van der Waals surface area contributed by atoms with Gasteiger partial charge in [-0.15, -0.1) is 10.2 Å². The summed E-state index contributed by atoms with van der Waals surface area (Å²) >= 11 is 1.15. The zero-order valence-corrected chi connectivity index (χ0v) is 16.1. The van der Waals surface area contributed by atoms with Crippen molar-refractivity contribution in [1.29, 1.82) is 0 Å². The number of nitrogens with one attached hydrogen (secondary N) is 1. The zero-order chi connectivity index (χ0) is 18.8. The van der Waals surface area contributed by atoms with Gasteiger partial charge in [-0.3, -0.25) is 9.59 Å². The van der Waals surface area contributed by atoms with Crippen molar-refractivity contribution in [2.45, 2.75) is 45.6 Å². The minimum absolute atomic E-state index is 0.0785. The van der Waals surface area contributed by atoms with Crippen molar-refractivity contribution in [3.05, 3.63) is 39.8 Å². The number of aromatic nitrogens is 2. The molecule has 0 aliphatic heterocycles. The number of carbonyl (C=O) groups is 2. The summed E-state index contributed by atoms with van der Waals surface area (Å²) in [7, 11) is 0. The Balaban J connectivity index is 1.25. The highest BCUT2D eigenvalue weighted by molar-refractivity contribution is 7.13. The Bertz CT molecular complexity index is 833.